The average molecular weight is 334 g/mol. The van der Waals surface area contributed by atoms with Gasteiger partial charge in [-0.05, 0) is 44.5 Å². The first-order chi connectivity index (χ1) is 9.51. The molecule has 0 aromatic heterocycles. The van der Waals surface area contributed by atoms with Gasteiger partial charge < -0.3 is 9.84 Å². The molecule has 0 heterocycles. The molecule has 1 aromatic carbocycles. The Morgan fingerprint density at radius 3 is 2.05 bits per heavy atom. The second kappa shape index (κ2) is 6.54. The lowest BCUT2D eigenvalue weighted by Gasteiger charge is -2.28. The second-order valence-corrected chi connectivity index (χ2v) is 6.41. The smallest absolute Gasteiger partial charge is 0.411 e. The molecule has 21 heavy (non-hydrogen) atoms. The number of ether oxygens (including phenoxy) is 1. The lowest BCUT2D eigenvalue weighted by Crippen LogP contribution is -2.39. The highest BCUT2D eigenvalue weighted by Crippen LogP contribution is 2.28. The van der Waals surface area contributed by atoms with E-state index in [0.717, 1.165) is 4.90 Å². The van der Waals surface area contributed by atoms with E-state index < -0.39 is 23.7 Å². The van der Waals surface area contributed by atoms with Crippen LogP contribution in [0.4, 0.5) is 4.79 Å². The van der Waals surface area contributed by atoms with E-state index >= 15 is 0 Å². The molecule has 0 aliphatic heterocycles. The Hall–Kier alpha value is -1.46. The minimum Gasteiger partial charge on any atom is -0.479 e. The maximum atomic E-state index is 12.0. The third-order valence-electron chi connectivity index (χ3n) is 2.50. The van der Waals surface area contributed by atoms with Gasteiger partial charge in [0.15, 0.2) is 6.04 Å². The second-order valence-electron chi connectivity index (χ2n) is 5.53. The van der Waals surface area contributed by atoms with Crippen molar-refractivity contribution in [1.29, 1.82) is 0 Å². The molecule has 116 valence electrons. The molecular formula is C14H17Cl2NO4. The van der Waals surface area contributed by atoms with Gasteiger partial charge in [-0.1, -0.05) is 23.2 Å². The van der Waals surface area contributed by atoms with Gasteiger partial charge in [0.2, 0.25) is 0 Å². The lowest BCUT2D eigenvalue weighted by atomic mass is 10.1. The Balaban J connectivity index is 3.12. The van der Waals surface area contributed by atoms with Crippen LogP contribution in [0.2, 0.25) is 10.0 Å². The van der Waals surface area contributed by atoms with Crippen LogP contribution in [0.3, 0.4) is 0 Å². The third-order valence-corrected chi connectivity index (χ3v) is 2.94. The molecule has 1 amide bonds. The Kier molecular flexibility index (Phi) is 5.48. The van der Waals surface area contributed by atoms with Gasteiger partial charge in [0.25, 0.3) is 0 Å². The Morgan fingerprint density at radius 1 is 1.19 bits per heavy atom. The normalized spacial score (nSPS) is 12.7. The van der Waals surface area contributed by atoms with Crippen molar-refractivity contribution in [3.63, 3.8) is 0 Å². The molecule has 1 aromatic rings. The number of aliphatic carboxylic acids is 1. The molecule has 0 aliphatic rings. The third kappa shape index (κ3) is 5.10. The van der Waals surface area contributed by atoms with Crippen LogP contribution in [0.1, 0.15) is 32.4 Å². The fourth-order valence-corrected chi connectivity index (χ4v) is 2.25. The summed E-state index contributed by atoms with van der Waals surface area (Å²) < 4.78 is 5.17. The predicted octanol–water partition coefficient (Wildman–Crippen LogP) is 3.99. The number of hydrogen-bond donors (Lipinski definition) is 1. The van der Waals surface area contributed by atoms with Crippen LogP contribution in [0.25, 0.3) is 0 Å². The first kappa shape index (κ1) is 17.6. The highest BCUT2D eigenvalue weighted by molar-refractivity contribution is 6.34. The highest BCUT2D eigenvalue weighted by atomic mass is 35.5. The number of benzene rings is 1. The summed E-state index contributed by atoms with van der Waals surface area (Å²) in [5, 5.41) is 9.98. The summed E-state index contributed by atoms with van der Waals surface area (Å²) in [5.41, 5.74) is -0.422. The van der Waals surface area contributed by atoms with Crippen molar-refractivity contribution in [1.82, 2.24) is 4.90 Å². The van der Waals surface area contributed by atoms with E-state index in [4.69, 9.17) is 27.9 Å². The van der Waals surface area contributed by atoms with E-state index in [9.17, 15) is 14.7 Å². The van der Waals surface area contributed by atoms with Crippen molar-refractivity contribution in [2.45, 2.75) is 32.4 Å². The molecule has 1 N–H and O–H groups in total. The summed E-state index contributed by atoms with van der Waals surface area (Å²) in [6.45, 7) is 5.10. The molecule has 1 rings (SSSR count). The van der Waals surface area contributed by atoms with E-state index in [0.29, 0.717) is 15.6 Å². The van der Waals surface area contributed by atoms with Crippen LogP contribution in [-0.4, -0.2) is 34.7 Å². The number of hydrogen-bond acceptors (Lipinski definition) is 3. The molecule has 0 spiro atoms. The number of carboxylic acids is 1. The Morgan fingerprint density at radius 2 is 1.67 bits per heavy atom. The largest absolute Gasteiger partial charge is 0.479 e. The number of rotatable bonds is 3. The van der Waals surface area contributed by atoms with Gasteiger partial charge >= 0.3 is 12.1 Å². The Labute approximate surface area is 133 Å². The molecule has 7 heteroatoms. The monoisotopic (exact) mass is 333 g/mol. The predicted molar refractivity (Wildman–Crippen MR) is 80.8 cm³/mol. The van der Waals surface area contributed by atoms with Crippen LogP contribution in [0.15, 0.2) is 18.2 Å². The highest BCUT2D eigenvalue weighted by Gasteiger charge is 2.31. The van der Waals surface area contributed by atoms with E-state index in [2.05, 4.69) is 0 Å². The zero-order valence-electron chi connectivity index (χ0n) is 12.2. The van der Waals surface area contributed by atoms with Gasteiger partial charge in [-0.3, -0.25) is 4.90 Å². The van der Waals surface area contributed by atoms with Crippen LogP contribution in [0.5, 0.6) is 0 Å². The van der Waals surface area contributed by atoms with Crippen LogP contribution in [-0.2, 0) is 9.53 Å². The van der Waals surface area contributed by atoms with Crippen LogP contribution in [0, 0.1) is 0 Å². The standard InChI is InChI=1S/C14H17Cl2NO4/c1-14(2,3)21-13(20)17(4)11(12(18)19)8-5-9(15)7-10(16)6-8/h5-7,11H,1-4H3,(H,18,19). The van der Waals surface area contributed by atoms with Gasteiger partial charge in [-0.15, -0.1) is 0 Å². The van der Waals surface area contributed by atoms with E-state index in [1.165, 1.54) is 25.2 Å². The number of carbonyl (C=O) groups excluding carboxylic acids is 1. The van der Waals surface area contributed by atoms with Gasteiger partial charge in [-0.25, -0.2) is 9.59 Å². The zero-order chi connectivity index (χ0) is 16.4. The number of carboxylic acid groups (broad SMARTS) is 1. The van der Waals surface area contributed by atoms with Gasteiger partial charge in [0.05, 0.1) is 0 Å². The van der Waals surface area contributed by atoms with Crippen LogP contribution >= 0.6 is 23.2 Å². The first-order valence-electron chi connectivity index (χ1n) is 6.16. The fraction of sp³-hybridized carbons (Fsp3) is 0.429. The molecule has 1 unspecified atom stereocenters. The SMILES string of the molecule is CN(C(=O)OC(C)(C)C)C(C(=O)O)c1cc(Cl)cc(Cl)c1. The molecule has 0 radical (unpaired) electrons. The fourth-order valence-electron chi connectivity index (χ4n) is 1.70. The van der Waals surface area contributed by atoms with Crippen molar-refractivity contribution in [2.24, 2.45) is 0 Å². The topological polar surface area (TPSA) is 66.8 Å². The van der Waals surface area contributed by atoms with Gasteiger partial charge in [0, 0.05) is 17.1 Å². The lowest BCUT2D eigenvalue weighted by molar-refractivity contribution is -0.142. The maximum Gasteiger partial charge on any atom is 0.411 e. The van der Waals surface area contributed by atoms with E-state index in [1.807, 2.05) is 0 Å². The minimum absolute atomic E-state index is 0.293. The molecule has 5 nitrogen and oxygen atoms in total. The van der Waals surface area contributed by atoms with Crippen LogP contribution < -0.4 is 0 Å². The summed E-state index contributed by atoms with van der Waals surface area (Å²) in [6, 6.07) is 3.15. The van der Waals surface area contributed by atoms with Gasteiger partial charge in [0.1, 0.15) is 5.60 Å². The van der Waals surface area contributed by atoms with Crippen molar-refractivity contribution in [3.05, 3.63) is 33.8 Å². The van der Waals surface area contributed by atoms with Gasteiger partial charge in [-0.2, -0.15) is 0 Å². The summed E-state index contributed by atoms with van der Waals surface area (Å²) in [5.74, 6) is -1.21. The summed E-state index contributed by atoms with van der Waals surface area (Å²) in [7, 11) is 1.35. The van der Waals surface area contributed by atoms with Crippen molar-refractivity contribution < 1.29 is 19.4 Å². The minimum atomic E-state index is -1.24. The van der Waals surface area contributed by atoms with Crippen molar-refractivity contribution >= 4 is 35.3 Å². The molecular weight excluding hydrogens is 317 g/mol. The number of carbonyl (C=O) groups is 2. The molecule has 1 atom stereocenters. The summed E-state index contributed by atoms with van der Waals surface area (Å²) in [6.07, 6.45) is -0.744. The summed E-state index contributed by atoms with van der Waals surface area (Å²) in [4.78, 5) is 24.5. The van der Waals surface area contributed by atoms with E-state index in [-0.39, 0.29) is 0 Å². The number of likely N-dealkylation sites (N-methyl/N-ethyl adjacent to an activating group) is 1. The number of amides is 1. The molecule has 0 saturated carbocycles. The molecule has 0 aliphatic carbocycles. The van der Waals surface area contributed by atoms with Crippen molar-refractivity contribution in [2.75, 3.05) is 7.05 Å². The maximum absolute atomic E-state index is 12.0. The quantitative estimate of drug-likeness (QED) is 0.908. The number of nitrogens with zero attached hydrogens (tertiary/aromatic N) is 1. The summed E-state index contributed by atoms with van der Waals surface area (Å²) >= 11 is 11.8. The first-order valence-corrected chi connectivity index (χ1v) is 6.91. The average Bonchev–Trinajstić information content (AvgIpc) is 2.24. The zero-order valence-corrected chi connectivity index (χ0v) is 13.7. The number of halogens is 2. The van der Waals surface area contributed by atoms with E-state index in [1.54, 1.807) is 20.8 Å². The molecule has 0 saturated heterocycles. The Bertz CT molecular complexity index is 534. The van der Waals surface area contributed by atoms with Crippen molar-refractivity contribution in [3.8, 4) is 0 Å². The molecule has 0 fully saturated rings. The molecule has 0 bridgehead atoms.